The maximum atomic E-state index is 13.1. The number of para-hydroxylation sites is 1. The molecule has 4 aromatic rings. The molecule has 0 atom stereocenters. The first-order valence-corrected chi connectivity index (χ1v) is 8.84. The molecule has 0 aliphatic rings. The Bertz CT molecular complexity index is 1250. The fourth-order valence-electron chi connectivity index (χ4n) is 3.03. The van der Waals surface area contributed by atoms with E-state index in [1.165, 1.54) is 25.3 Å². The Kier molecular flexibility index (Phi) is 4.86. The zero-order chi connectivity index (χ0) is 21.3. The number of nitrogens with zero attached hydrogens (tertiary/aromatic N) is 4. The van der Waals surface area contributed by atoms with Crippen molar-refractivity contribution < 1.29 is 17.9 Å². The summed E-state index contributed by atoms with van der Waals surface area (Å²) in [7, 11) is 1.39. The monoisotopic (exact) mass is 412 g/mol. The van der Waals surface area contributed by atoms with Crippen molar-refractivity contribution in [3.05, 3.63) is 88.8 Å². The number of hydrogen-bond donors (Lipinski definition) is 0. The number of alkyl halides is 3. The van der Waals surface area contributed by atoms with E-state index in [2.05, 4.69) is 10.2 Å². The van der Waals surface area contributed by atoms with Crippen LogP contribution in [0.3, 0.4) is 0 Å². The summed E-state index contributed by atoms with van der Waals surface area (Å²) < 4.78 is 47.1. The molecule has 0 saturated carbocycles. The third-order valence-corrected chi connectivity index (χ3v) is 4.42. The van der Waals surface area contributed by atoms with E-state index in [1.807, 2.05) is 30.3 Å². The molecule has 0 unspecified atom stereocenters. The van der Waals surface area contributed by atoms with Gasteiger partial charge in [0.05, 0.1) is 35.9 Å². The van der Waals surface area contributed by atoms with Crippen LogP contribution in [-0.2, 0) is 6.18 Å². The van der Waals surface area contributed by atoms with Crippen LogP contribution in [0.1, 0.15) is 5.56 Å². The lowest BCUT2D eigenvalue weighted by Gasteiger charge is -2.14. The third-order valence-electron chi connectivity index (χ3n) is 4.42. The van der Waals surface area contributed by atoms with Crippen LogP contribution >= 0.6 is 0 Å². The molecule has 9 heteroatoms. The summed E-state index contributed by atoms with van der Waals surface area (Å²) >= 11 is 0. The van der Waals surface area contributed by atoms with Crippen LogP contribution in [0.15, 0.2) is 77.7 Å². The number of methoxy groups -OCH3 is 1. The SMILES string of the molecule is COc1cc(=O)n(-c2cccc(C(F)(F)F)c2)nc1-c1ccnn1-c1ccccc1. The van der Waals surface area contributed by atoms with Crippen molar-refractivity contribution in [2.24, 2.45) is 0 Å². The highest BCUT2D eigenvalue weighted by Crippen LogP contribution is 2.31. The Balaban J connectivity index is 1.90. The van der Waals surface area contributed by atoms with Crippen LogP contribution in [0.2, 0.25) is 0 Å². The number of rotatable bonds is 4. The normalized spacial score (nSPS) is 11.5. The molecule has 6 nitrogen and oxygen atoms in total. The minimum absolute atomic E-state index is 0.00972. The molecule has 2 aromatic carbocycles. The van der Waals surface area contributed by atoms with Crippen molar-refractivity contribution in [3.8, 4) is 28.5 Å². The van der Waals surface area contributed by atoms with E-state index < -0.39 is 17.3 Å². The summed E-state index contributed by atoms with van der Waals surface area (Å²) in [6.45, 7) is 0. The lowest BCUT2D eigenvalue weighted by atomic mass is 10.2. The predicted molar refractivity (Wildman–Crippen MR) is 104 cm³/mol. The number of hydrogen-bond acceptors (Lipinski definition) is 4. The molecule has 0 bridgehead atoms. The van der Waals surface area contributed by atoms with Gasteiger partial charge in [0.15, 0.2) is 11.4 Å². The summed E-state index contributed by atoms with van der Waals surface area (Å²) in [5, 5.41) is 8.61. The second-order valence-corrected chi connectivity index (χ2v) is 6.32. The summed E-state index contributed by atoms with van der Waals surface area (Å²) in [5.74, 6) is 0.181. The second-order valence-electron chi connectivity index (χ2n) is 6.32. The van der Waals surface area contributed by atoms with Crippen LogP contribution in [0.5, 0.6) is 5.75 Å². The predicted octanol–water partition coefficient (Wildman–Crippen LogP) is 4.11. The molecule has 152 valence electrons. The largest absolute Gasteiger partial charge is 0.494 e. The quantitative estimate of drug-likeness (QED) is 0.506. The first-order chi connectivity index (χ1) is 14.4. The van der Waals surface area contributed by atoms with Gasteiger partial charge in [-0.15, -0.1) is 0 Å². The van der Waals surface area contributed by atoms with Crippen molar-refractivity contribution in [2.45, 2.75) is 6.18 Å². The zero-order valence-corrected chi connectivity index (χ0v) is 15.7. The average Bonchev–Trinajstić information content (AvgIpc) is 3.23. The Morgan fingerprint density at radius 1 is 0.900 bits per heavy atom. The van der Waals surface area contributed by atoms with Gasteiger partial charge < -0.3 is 4.74 Å². The van der Waals surface area contributed by atoms with Crippen LogP contribution in [0, 0.1) is 0 Å². The van der Waals surface area contributed by atoms with Gasteiger partial charge in [-0.2, -0.15) is 28.1 Å². The van der Waals surface area contributed by atoms with Gasteiger partial charge in [0, 0.05) is 6.07 Å². The van der Waals surface area contributed by atoms with E-state index in [0.717, 1.165) is 22.5 Å². The van der Waals surface area contributed by atoms with E-state index >= 15 is 0 Å². The zero-order valence-electron chi connectivity index (χ0n) is 15.7. The van der Waals surface area contributed by atoms with Crippen LogP contribution < -0.4 is 10.3 Å². The van der Waals surface area contributed by atoms with Gasteiger partial charge in [-0.25, -0.2) is 4.68 Å². The molecular weight excluding hydrogens is 397 g/mol. The maximum absolute atomic E-state index is 13.1. The fourth-order valence-corrected chi connectivity index (χ4v) is 3.03. The molecule has 0 aliphatic heterocycles. The molecule has 0 saturated heterocycles. The first-order valence-electron chi connectivity index (χ1n) is 8.84. The highest BCUT2D eigenvalue weighted by atomic mass is 19.4. The topological polar surface area (TPSA) is 61.9 Å². The van der Waals surface area contributed by atoms with Crippen molar-refractivity contribution in [1.82, 2.24) is 19.6 Å². The highest BCUT2D eigenvalue weighted by molar-refractivity contribution is 5.64. The van der Waals surface area contributed by atoms with E-state index in [1.54, 1.807) is 16.9 Å². The smallest absolute Gasteiger partial charge is 0.416 e. The maximum Gasteiger partial charge on any atom is 0.416 e. The second kappa shape index (κ2) is 7.51. The van der Waals surface area contributed by atoms with E-state index in [4.69, 9.17) is 4.74 Å². The van der Waals surface area contributed by atoms with Gasteiger partial charge in [0.1, 0.15) is 0 Å². The summed E-state index contributed by atoms with van der Waals surface area (Å²) in [6.07, 6.45) is -2.98. The summed E-state index contributed by atoms with van der Waals surface area (Å²) in [4.78, 5) is 12.6. The van der Waals surface area contributed by atoms with Crippen LogP contribution in [0.25, 0.3) is 22.8 Å². The van der Waals surface area contributed by atoms with E-state index in [9.17, 15) is 18.0 Å². The number of benzene rings is 2. The van der Waals surface area contributed by atoms with E-state index in [-0.39, 0.29) is 17.1 Å². The van der Waals surface area contributed by atoms with Gasteiger partial charge in [-0.05, 0) is 36.4 Å². The van der Waals surface area contributed by atoms with Gasteiger partial charge >= 0.3 is 6.18 Å². The summed E-state index contributed by atoms with van der Waals surface area (Å²) in [6, 6.07) is 16.5. The molecule has 30 heavy (non-hydrogen) atoms. The van der Waals surface area contributed by atoms with Gasteiger partial charge in [0.2, 0.25) is 0 Å². The molecule has 4 rings (SSSR count). The summed E-state index contributed by atoms with van der Waals surface area (Å²) in [5.41, 5.74) is 0.0124. The van der Waals surface area contributed by atoms with Crippen molar-refractivity contribution in [1.29, 1.82) is 0 Å². The van der Waals surface area contributed by atoms with Crippen molar-refractivity contribution in [3.63, 3.8) is 0 Å². The molecule has 0 spiro atoms. The van der Waals surface area contributed by atoms with Crippen LogP contribution in [-0.4, -0.2) is 26.7 Å². The van der Waals surface area contributed by atoms with E-state index in [0.29, 0.717) is 5.69 Å². The highest BCUT2D eigenvalue weighted by Gasteiger charge is 2.30. The van der Waals surface area contributed by atoms with Crippen LogP contribution in [0.4, 0.5) is 13.2 Å². The minimum atomic E-state index is -4.54. The molecule has 2 heterocycles. The molecule has 0 aliphatic carbocycles. The van der Waals surface area contributed by atoms with Gasteiger partial charge in [-0.3, -0.25) is 4.79 Å². The Hall–Kier alpha value is -3.88. The lowest BCUT2D eigenvalue weighted by Crippen LogP contribution is -2.22. The number of aromatic nitrogens is 4. The number of ether oxygens (including phenoxy) is 1. The molecular formula is C21H15F3N4O2. The Morgan fingerprint density at radius 2 is 1.63 bits per heavy atom. The number of halogens is 3. The molecule has 0 fully saturated rings. The molecule has 0 radical (unpaired) electrons. The Labute approximate surface area is 168 Å². The first kappa shape index (κ1) is 19.4. The molecule has 2 aromatic heterocycles. The Morgan fingerprint density at radius 3 is 2.33 bits per heavy atom. The van der Waals surface area contributed by atoms with Crippen molar-refractivity contribution >= 4 is 0 Å². The fraction of sp³-hybridized carbons (Fsp3) is 0.0952. The standard InChI is InChI=1S/C21H15F3N4O2/c1-30-18-13-19(29)28(16-9-5-6-14(12-16)21(22,23)24)26-20(18)17-10-11-25-27(17)15-7-3-2-4-8-15/h2-13H,1H3. The average molecular weight is 412 g/mol. The molecule has 0 amide bonds. The minimum Gasteiger partial charge on any atom is -0.494 e. The van der Waals surface area contributed by atoms with Crippen molar-refractivity contribution in [2.75, 3.05) is 7.11 Å². The van der Waals surface area contributed by atoms with Gasteiger partial charge in [0.25, 0.3) is 5.56 Å². The van der Waals surface area contributed by atoms with Gasteiger partial charge in [-0.1, -0.05) is 24.3 Å². The molecule has 0 N–H and O–H groups in total. The lowest BCUT2D eigenvalue weighted by molar-refractivity contribution is -0.137. The third kappa shape index (κ3) is 3.57.